The van der Waals surface area contributed by atoms with E-state index in [2.05, 4.69) is 5.32 Å². The second-order valence-corrected chi connectivity index (χ2v) is 7.62. The zero-order chi connectivity index (χ0) is 18.3. The minimum Gasteiger partial charge on any atom is -0.467 e. The Labute approximate surface area is 151 Å². The molecule has 0 atom stereocenters. The molecule has 0 fully saturated rings. The molecular formula is C18H24N2O4S. The van der Waals surface area contributed by atoms with Crippen molar-refractivity contribution in [3.63, 3.8) is 0 Å². The van der Waals surface area contributed by atoms with Gasteiger partial charge in [0.2, 0.25) is 5.91 Å². The first kappa shape index (κ1) is 19.1. The molecule has 136 valence electrons. The molecule has 6 nitrogen and oxygen atoms in total. The molecule has 0 aliphatic heterocycles. The maximum atomic E-state index is 12.6. The Bertz CT molecular complexity index is 624. The fourth-order valence-electron chi connectivity index (χ4n) is 2.16. The summed E-state index contributed by atoms with van der Waals surface area (Å²) in [5.41, 5.74) is -0.557. The molecule has 25 heavy (non-hydrogen) atoms. The quantitative estimate of drug-likeness (QED) is 0.811. The Hall–Kier alpha value is -2.28. The molecule has 2 rings (SSSR count). The number of alkyl carbamates (subject to hydrolysis) is 1. The van der Waals surface area contributed by atoms with Crippen LogP contribution >= 0.6 is 11.3 Å². The van der Waals surface area contributed by atoms with Gasteiger partial charge in [0.1, 0.15) is 11.4 Å². The maximum absolute atomic E-state index is 12.6. The molecule has 2 aromatic heterocycles. The van der Waals surface area contributed by atoms with Crippen molar-refractivity contribution in [2.24, 2.45) is 0 Å². The Morgan fingerprint density at radius 2 is 2.04 bits per heavy atom. The van der Waals surface area contributed by atoms with E-state index in [0.717, 1.165) is 10.6 Å². The largest absolute Gasteiger partial charge is 0.467 e. The summed E-state index contributed by atoms with van der Waals surface area (Å²) in [5.74, 6) is 0.672. The fourth-order valence-corrected chi connectivity index (χ4v) is 2.88. The number of furan rings is 1. The van der Waals surface area contributed by atoms with Crippen molar-refractivity contribution in [1.82, 2.24) is 10.2 Å². The molecule has 0 saturated heterocycles. The Kier molecular flexibility index (Phi) is 6.64. The van der Waals surface area contributed by atoms with Crippen LogP contribution in [0.15, 0.2) is 40.3 Å². The molecule has 0 aliphatic rings. The number of thiophene rings is 1. The van der Waals surface area contributed by atoms with E-state index >= 15 is 0 Å². The Morgan fingerprint density at radius 3 is 2.64 bits per heavy atom. The first-order valence-corrected chi connectivity index (χ1v) is 9.01. The van der Waals surface area contributed by atoms with Crippen LogP contribution in [0.3, 0.4) is 0 Å². The van der Waals surface area contributed by atoms with E-state index in [0.29, 0.717) is 13.1 Å². The number of hydrogen-bond donors (Lipinski definition) is 1. The molecular weight excluding hydrogens is 340 g/mol. The lowest BCUT2D eigenvalue weighted by molar-refractivity contribution is -0.132. The third-order valence-corrected chi connectivity index (χ3v) is 4.07. The third-order valence-electron chi connectivity index (χ3n) is 3.21. The molecule has 0 bridgehead atoms. The summed E-state index contributed by atoms with van der Waals surface area (Å²) in [6.07, 6.45) is 1.27. The molecule has 1 N–H and O–H groups in total. The van der Waals surface area contributed by atoms with E-state index in [1.807, 2.05) is 23.6 Å². The monoisotopic (exact) mass is 364 g/mol. The minimum atomic E-state index is -0.557. The van der Waals surface area contributed by atoms with Crippen molar-refractivity contribution in [2.45, 2.75) is 45.9 Å². The molecule has 0 aromatic carbocycles. The van der Waals surface area contributed by atoms with Gasteiger partial charge >= 0.3 is 6.09 Å². The second kappa shape index (κ2) is 8.71. The molecule has 2 aromatic rings. The molecule has 0 saturated carbocycles. The average molecular weight is 364 g/mol. The predicted octanol–water partition coefficient (Wildman–Crippen LogP) is 3.78. The van der Waals surface area contributed by atoms with Crippen LogP contribution in [-0.4, -0.2) is 29.0 Å². The van der Waals surface area contributed by atoms with E-state index in [4.69, 9.17) is 9.15 Å². The molecule has 7 heteroatoms. The number of carbonyl (C=O) groups excluding carboxylic acids is 2. The van der Waals surface area contributed by atoms with Gasteiger partial charge in [0.15, 0.2) is 0 Å². The Morgan fingerprint density at radius 1 is 1.24 bits per heavy atom. The molecule has 0 radical (unpaired) electrons. The smallest absolute Gasteiger partial charge is 0.407 e. The van der Waals surface area contributed by atoms with Crippen molar-refractivity contribution < 1.29 is 18.7 Å². The maximum Gasteiger partial charge on any atom is 0.407 e. The van der Waals surface area contributed by atoms with E-state index in [9.17, 15) is 9.59 Å². The van der Waals surface area contributed by atoms with Gasteiger partial charge in [0, 0.05) is 17.8 Å². The zero-order valence-electron chi connectivity index (χ0n) is 14.8. The van der Waals surface area contributed by atoms with Crippen LogP contribution in [0.2, 0.25) is 0 Å². The number of carbonyl (C=O) groups is 2. The fraction of sp³-hybridized carbons (Fsp3) is 0.444. The standard InChI is InChI=1S/C18H24N2O4S/c1-18(2,3)24-17(22)19-9-8-16(21)20(12-14-6-4-10-23-14)13-15-7-5-11-25-15/h4-7,10-11H,8-9,12-13H2,1-3H3,(H,19,22). The first-order valence-electron chi connectivity index (χ1n) is 8.13. The van der Waals surface area contributed by atoms with Gasteiger partial charge in [-0.05, 0) is 44.4 Å². The van der Waals surface area contributed by atoms with Gasteiger partial charge in [-0.25, -0.2) is 4.79 Å². The lowest BCUT2D eigenvalue weighted by atomic mass is 10.2. The van der Waals surface area contributed by atoms with Crippen LogP contribution in [0, 0.1) is 0 Å². The molecule has 0 spiro atoms. The summed E-state index contributed by atoms with van der Waals surface area (Å²) in [5, 5.41) is 4.59. The normalized spacial score (nSPS) is 11.2. The summed E-state index contributed by atoms with van der Waals surface area (Å²) >= 11 is 1.60. The van der Waals surface area contributed by atoms with Crippen molar-refractivity contribution in [3.8, 4) is 0 Å². The second-order valence-electron chi connectivity index (χ2n) is 6.59. The van der Waals surface area contributed by atoms with E-state index in [1.165, 1.54) is 0 Å². The molecule has 2 heterocycles. The number of rotatable bonds is 7. The van der Waals surface area contributed by atoms with Gasteiger partial charge in [-0.2, -0.15) is 0 Å². The van der Waals surface area contributed by atoms with Gasteiger partial charge in [0.05, 0.1) is 19.4 Å². The van der Waals surface area contributed by atoms with Crippen molar-refractivity contribution in [2.75, 3.05) is 6.54 Å². The zero-order valence-corrected chi connectivity index (χ0v) is 15.6. The number of nitrogens with zero attached hydrogens (tertiary/aromatic N) is 1. The van der Waals surface area contributed by atoms with Crippen LogP contribution in [0.5, 0.6) is 0 Å². The van der Waals surface area contributed by atoms with Gasteiger partial charge in [-0.3, -0.25) is 4.79 Å². The van der Waals surface area contributed by atoms with E-state index in [-0.39, 0.29) is 18.9 Å². The highest BCUT2D eigenvalue weighted by atomic mass is 32.1. The molecule has 0 aliphatic carbocycles. The topological polar surface area (TPSA) is 71.8 Å². The van der Waals surface area contributed by atoms with Gasteiger partial charge in [-0.15, -0.1) is 11.3 Å². The highest BCUT2D eigenvalue weighted by Crippen LogP contribution is 2.15. The molecule has 0 unspecified atom stereocenters. The van der Waals surface area contributed by atoms with Crippen LogP contribution in [0.25, 0.3) is 0 Å². The van der Waals surface area contributed by atoms with Crippen LogP contribution < -0.4 is 5.32 Å². The van der Waals surface area contributed by atoms with Crippen LogP contribution in [0.4, 0.5) is 4.79 Å². The number of nitrogens with one attached hydrogen (secondary N) is 1. The van der Waals surface area contributed by atoms with Crippen LogP contribution in [0.1, 0.15) is 37.8 Å². The van der Waals surface area contributed by atoms with Gasteiger partial charge in [-0.1, -0.05) is 6.07 Å². The summed E-state index contributed by atoms with van der Waals surface area (Å²) in [4.78, 5) is 27.0. The van der Waals surface area contributed by atoms with Gasteiger partial charge in [0.25, 0.3) is 0 Å². The number of amides is 2. The van der Waals surface area contributed by atoms with Crippen molar-refractivity contribution in [3.05, 3.63) is 46.5 Å². The third kappa shape index (κ3) is 7.01. The predicted molar refractivity (Wildman–Crippen MR) is 96.1 cm³/mol. The van der Waals surface area contributed by atoms with Gasteiger partial charge < -0.3 is 19.4 Å². The lowest BCUT2D eigenvalue weighted by Gasteiger charge is -2.22. The summed E-state index contributed by atoms with van der Waals surface area (Å²) in [7, 11) is 0. The summed E-state index contributed by atoms with van der Waals surface area (Å²) < 4.78 is 10.5. The van der Waals surface area contributed by atoms with Crippen molar-refractivity contribution in [1.29, 1.82) is 0 Å². The summed E-state index contributed by atoms with van der Waals surface area (Å²) in [6.45, 7) is 6.53. The van der Waals surface area contributed by atoms with E-state index < -0.39 is 11.7 Å². The SMILES string of the molecule is CC(C)(C)OC(=O)NCCC(=O)N(Cc1ccco1)Cc1cccs1. The lowest BCUT2D eigenvalue weighted by Crippen LogP contribution is -2.36. The first-order chi connectivity index (χ1) is 11.8. The highest BCUT2D eigenvalue weighted by molar-refractivity contribution is 7.09. The summed E-state index contributed by atoms with van der Waals surface area (Å²) in [6, 6.07) is 7.59. The Balaban J connectivity index is 1.87. The average Bonchev–Trinajstić information content (AvgIpc) is 3.18. The minimum absolute atomic E-state index is 0.0548. The van der Waals surface area contributed by atoms with Crippen LogP contribution in [-0.2, 0) is 22.6 Å². The number of ether oxygens (including phenoxy) is 1. The highest BCUT2D eigenvalue weighted by Gasteiger charge is 2.18. The van der Waals surface area contributed by atoms with E-state index in [1.54, 1.807) is 49.3 Å². The van der Waals surface area contributed by atoms with Crippen molar-refractivity contribution >= 4 is 23.3 Å². The number of hydrogen-bond acceptors (Lipinski definition) is 5. The molecule has 2 amide bonds.